The maximum Gasteiger partial charge on any atom is 0.272 e. The van der Waals surface area contributed by atoms with Gasteiger partial charge in [-0.2, -0.15) is 0 Å². The van der Waals surface area contributed by atoms with Crippen LogP contribution in [0.5, 0.6) is 0 Å². The van der Waals surface area contributed by atoms with E-state index in [1.165, 1.54) is 0 Å². The summed E-state index contributed by atoms with van der Waals surface area (Å²) in [4.78, 5) is 20.4. The van der Waals surface area contributed by atoms with Gasteiger partial charge in [0.15, 0.2) is 5.69 Å². The van der Waals surface area contributed by atoms with Crippen molar-refractivity contribution < 1.29 is 9.21 Å². The lowest BCUT2D eigenvalue weighted by Crippen LogP contribution is -2.38. The Morgan fingerprint density at radius 1 is 1.17 bits per heavy atom. The predicted octanol–water partition coefficient (Wildman–Crippen LogP) is 3.20. The third-order valence-electron chi connectivity index (χ3n) is 5.37. The molecule has 3 aromatic rings. The van der Waals surface area contributed by atoms with Crippen molar-refractivity contribution in [2.45, 2.75) is 46.8 Å². The molecule has 1 aliphatic heterocycles. The molecule has 1 aromatic carbocycles. The summed E-state index contributed by atoms with van der Waals surface area (Å²) in [5, 5.41) is 11.2. The highest BCUT2D eigenvalue weighted by atomic mass is 16.4. The number of hydrogen-bond donors (Lipinski definition) is 1. The lowest BCUT2D eigenvalue weighted by atomic mass is 9.86. The third kappa shape index (κ3) is 3.87. The van der Waals surface area contributed by atoms with Crippen LogP contribution in [0.3, 0.4) is 0 Å². The fraction of sp³-hybridized carbons (Fsp3) is 0.455. The third-order valence-corrected chi connectivity index (χ3v) is 5.37. The van der Waals surface area contributed by atoms with E-state index in [-0.39, 0.29) is 11.3 Å². The Labute approximate surface area is 176 Å². The maximum atomic E-state index is 13.4. The summed E-state index contributed by atoms with van der Waals surface area (Å²) < 4.78 is 7.80. The highest BCUT2D eigenvalue weighted by Gasteiger charge is 2.35. The number of amides is 1. The van der Waals surface area contributed by atoms with E-state index < -0.39 is 6.04 Å². The minimum absolute atomic E-state index is 0.230. The first-order valence-electron chi connectivity index (χ1n) is 10.2. The quantitative estimate of drug-likeness (QED) is 0.713. The number of rotatable bonds is 4. The van der Waals surface area contributed by atoms with Crippen molar-refractivity contribution in [3.63, 3.8) is 0 Å². The lowest BCUT2D eigenvalue weighted by Gasteiger charge is -2.29. The van der Waals surface area contributed by atoms with Crippen LogP contribution in [0.25, 0.3) is 11.4 Å². The van der Waals surface area contributed by atoms with Gasteiger partial charge in [0.1, 0.15) is 11.9 Å². The number of fused-ring (bicyclic) bond motifs is 1. The van der Waals surface area contributed by atoms with Gasteiger partial charge in [-0.25, -0.2) is 4.98 Å². The molecule has 1 atom stereocenters. The van der Waals surface area contributed by atoms with E-state index in [1.807, 2.05) is 51.1 Å². The van der Waals surface area contributed by atoms with Gasteiger partial charge in [-0.3, -0.25) is 9.69 Å². The molecular weight excluding hydrogens is 380 g/mol. The minimum Gasteiger partial charge on any atom is -0.423 e. The normalized spacial score (nSPS) is 15.6. The Bertz CT molecular complexity index is 1050. The number of benzene rings is 1. The van der Waals surface area contributed by atoms with Crippen molar-refractivity contribution in [3.8, 4) is 11.4 Å². The number of imidazole rings is 1. The first-order chi connectivity index (χ1) is 14.2. The Kier molecular flexibility index (Phi) is 5.19. The number of nitrogens with one attached hydrogen (secondary N) is 1. The fourth-order valence-corrected chi connectivity index (χ4v) is 3.76. The van der Waals surface area contributed by atoms with E-state index in [9.17, 15) is 4.79 Å². The first kappa shape index (κ1) is 20.3. The average Bonchev–Trinajstić information content (AvgIpc) is 3.29. The molecule has 4 rings (SSSR count). The minimum atomic E-state index is -0.426. The number of carbonyl (C=O) groups excluding carboxylic acids is 1. The van der Waals surface area contributed by atoms with Crippen LogP contribution >= 0.6 is 0 Å². The molecule has 1 aliphatic rings. The highest BCUT2D eigenvalue weighted by molar-refractivity contribution is 5.94. The molecule has 1 amide bonds. The second-order valence-corrected chi connectivity index (χ2v) is 8.92. The van der Waals surface area contributed by atoms with E-state index in [4.69, 9.17) is 9.40 Å². The molecule has 2 aromatic heterocycles. The van der Waals surface area contributed by atoms with Crippen molar-refractivity contribution in [2.24, 2.45) is 5.41 Å². The molecule has 0 saturated carbocycles. The summed E-state index contributed by atoms with van der Waals surface area (Å²) in [5.74, 6) is 1.47. The van der Waals surface area contributed by atoms with E-state index in [2.05, 4.69) is 32.0 Å². The van der Waals surface area contributed by atoms with Crippen LogP contribution in [0, 0.1) is 12.3 Å². The molecule has 1 N–H and O–H groups in total. The summed E-state index contributed by atoms with van der Waals surface area (Å²) >= 11 is 0. The molecule has 158 valence electrons. The number of aryl methyl sites for hydroxylation is 1. The molecule has 0 saturated heterocycles. The zero-order valence-electron chi connectivity index (χ0n) is 18.1. The summed E-state index contributed by atoms with van der Waals surface area (Å²) in [6, 6.07) is 9.57. The monoisotopic (exact) mass is 408 g/mol. The Morgan fingerprint density at radius 3 is 2.53 bits per heavy atom. The molecule has 0 radical (unpaired) electrons. The van der Waals surface area contributed by atoms with E-state index in [1.54, 1.807) is 6.92 Å². The number of aromatic nitrogens is 4. The topological polar surface area (TPSA) is 89.1 Å². The smallest absolute Gasteiger partial charge is 0.272 e. The summed E-state index contributed by atoms with van der Waals surface area (Å²) in [6.45, 7) is 10.2. The Morgan fingerprint density at radius 2 is 1.90 bits per heavy atom. The molecule has 0 spiro atoms. The van der Waals surface area contributed by atoms with Gasteiger partial charge < -0.3 is 14.3 Å². The number of carbonyl (C=O) groups is 1. The Hall–Kier alpha value is -3.00. The van der Waals surface area contributed by atoms with Crippen LogP contribution in [0.2, 0.25) is 0 Å². The maximum absolute atomic E-state index is 13.4. The molecular formula is C22H28N6O2. The largest absolute Gasteiger partial charge is 0.423 e. The zero-order valence-corrected chi connectivity index (χ0v) is 18.1. The average molecular weight is 409 g/mol. The van der Waals surface area contributed by atoms with Crippen LogP contribution in [-0.4, -0.2) is 44.1 Å². The van der Waals surface area contributed by atoms with Crippen LogP contribution < -0.4 is 5.32 Å². The highest BCUT2D eigenvalue weighted by Crippen LogP contribution is 2.33. The standard InChI is InChI=1S/C22H28N6O2/c1-14-25-26-21(30-14)18(22(2,3)4)24-20(29)17-16-13-27(5)11-12-28(16)19(23-17)15-9-7-6-8-10-15/h6-10,18H,11-13H2,1-5H3,(H,24,29). The van der Waals surface area contributed by atoms with Gasteiger partial charge in [0.2, 0.25) is 11.8 Å². The van der Waals surface area contributed by atoms with Crippen molar-refractivity contribution in [1.82, 2.24) is 30.0 Å². The molecule has 8 heteroatoms. The molecule has 0 bridgehead atoms. The van der Waals surface area contributed by atoms with Gasteiger partial charge in [-0.05, 0) is 12.5 Å². The van der Waals surface area contributed by atoms with Gasteiger partial charge in [0.05, 0.1) is 5.69 Å². The second kappa shape index (κ2) is 7.68. The molecule has 1 unspecified atom stereocenters. The number of nitrogens with zero attached hydrogens (tertiary/aromatic N) is 5. The van der Waals surface area contributed by atoms with Gasteiger partial charge in [-0.15, -0.1) is 10.2 Å². The van der Waals surface area contributed by atoms with E-state index >= 15 is 0 Å². The number of hydrogen-bond acceptors (Lipinski definition) is 6. The Balaban J connectivity index is 1.72. The summed E-state index contributed by atoms with van der Waals surface area (Å²) in [6.07, 6.45) is 0. The van der Waals surface area contributed by atoms with E-state index in [0.29, 0.717) is 24.0 Å². The summed E-state index contributed by atoms with van der Waals surface area (Å²) in [5.41, 5.74) is 2.07. The van der Waals surface area contributed by atoms with Crippen molar-refractivity contribution in [3.05, 3.63) is 53.5 Å². The SMILES string of the molecule is Cc1nnc(C(NC(=O)c2nc(-c3ccccc3)n3c2CN(C)CC3)C(C)(C)C)o1. The van der Waals surface area contributed by atoms with Gasteiger partial charge in [0, 0.05) is 32.1 Å². The van der Waals surface area contributed by atoms with Crippen molar-refractivity contribution in [1.29, 1.82) is 0 Å². The molecule has 30 heavy (non-hydrogen) atoms. The van der Waals surface area contributed by atoms with Crippen LogP contribution in [0.4, 0.5) is 0 Å². The molecule has 0 fully saturated rings. The fourth-order valence-electron chi connectivity index (χ4n) is 3.76. The van der Waals surface area contributed by atoms with Gasteiger partial charge >= 0.3 is 0 Å². The first-order valence-corrected chi connectivity index (χ1v) is 10.2. The molecule has 0 aliphatic carbocycles. The number of likely N-dealkylation sites (N-methyl/N-ethyl adjacent to an activating group) is 1. The van der Waals surface area contributed by atoms with Crippen LogP contribution in [-0.2, 0) is 13.1 Å². The second-order valence-electron chi connectivity index (χ2n) is 8.92. The van der Waals surface area contributed by atoms with Crippen molar-refractivity contribution in [2.75, 3.05) is 13.6 Å². The summed E-state index contributed by atoms with van der Waals surface area (Å²) in [7, 11) is 2.06. The zero-order chi connectivity index (χ0) is 21.5. The van der Waals surface area contributed by atoms with Gasteiger partial charge in [-0.1, -0.05) is 51.1 Å². The molecule has 3 heterocycles. The van der Waals surface area contributed by atoms with Gasteiger partial charge in [0.25, 0.3) is 5.91 Å². The molecule has 8 nitrogen and oxygen atoms in total. The van der Waals surface area contributed by atoms with Crippen LogP contribution in [0.15, 0.2) is 34.7 Å². The van der Waals surface area contributed by atoms with E-state index in [0.717, 1.165) is 30.2 Å². The van der Waals surface area contributed by atoms with Crippen molar-refractivity contribution >= 4 is 5.91 Å². The predicted molar refractivity (Wildman–Crippen MR) is 113 cm³/mol. The lowest BCUT2D eigenvalue weighted by molar-refractivity contribution is 0.0877. The van der Waals surface area contributed by atoms with Crippen LogP contribution in [0.1, 0.15) is 54.8 Å².